The van der Waals surface area contributed by atoms with Gasteiger partial charge in [0, 0.05) is 30.0 Å². The average Bonchev–Trinajstić information content (AvgIpc) is 2.65. The number of aromatic nitrogens is 3. The first kappa shape index (κ1) is 20.5. The molecular weight excluding hydrogens is 399 g/mol. The Morgan fingerprint density at radius 3 is 2.43 bits per heavy atom. The number of ether oxygens (including phenoxy) is 1. The molecule has 0 amide bonds. The van der Waals surface area contributed by atoms with E-state index in [0.29, 0.717) is 29.8 Å². The highest BCUT2D eigenvalue weighted by atomic mass is 19.4. The molecule has 0 bridgehead atoms. The van der Waals surface area contributed by atoms with Gasteiger partial charge in [0.15, 0.2) is 0 Å². The van der Waals surface area contributed by atoms with Crippen molar-refractivity contribution >= 4 is 10.9 Å². The second kappa shape index (κ2) is 7.17. The Hall–Kier alpha value is -2.78. The summed E-state index contributed by atoms with van der Waals surface area (Å²) in [4.78, 5) is 4.36. The number of phenols is 1. The van der Waals surface area contributed by atoms with Crippen LogP contribution in [0.25, 0.3) is 22.2 Å². The molecule has 1 aliphatic heterocycles. The van der Waals surface area contributed by atoms with Crippen LogP contribution in [0.5, 0.6) is 5.75 Å². The molecule has 3 atom stereocenters. The van der Waals surface area contributed by atoms with E-state index < -0.39 is 23.1 Å². The number of aromatic hydroxyl groups is 1. The van der Waals surface area contributed by atoms with Crippen molar-refractivity contribution in [2.75, 3.05) is 0 Å². The van der Waals surface area contributed by atoms with E-state index in [9.17, 15) is 23.4 Å². The normalized spacial score (nSPS) is 24.9. The topological polar surface area (TPSA) is 88.4 Å². The number of nitrogens with zero attached hydrogens (tertiary/aromatic N) is 3. The first-order valence-corrected chi connectivity index (χ1v) is 9.49. The van der Waals surface area contributed by atoms with Gasteiger partial charge in [-0.1, -0.05) is 0 Å². The van der Waals surface area contributed by atoms with Crippen LogP contribution >= 0.6 is 0 Å². The lowest BCUT2D eigenvalue weighted by atomic mass is 9.83. The Balaban J connectivity index is 1.87. The predicted molar refractivity (Wildman–Crippen MR) is 103 cm³/mol. The number of benzene rings is 1. The average molecular weight is 419 g/mol. The van der Waals surface area contributed by atoms with E-state index in [2.05, 4.69) is 15.2 Å². The van der Waals surface area contributed by atoms with Crippen molar-refractivity contribution in [1.82, 2.24) is 15.2 Å². The number of hydrogen-bond donors (Lipinski definition) is 2. The SMILES string of the molecule is C[C@@H]1CC(O)(c2nnc(-c3ccc(C(F)(F)F)cc3O)c3cccnc23)C[C@H](C)O1. The minimum atomic E-state index is -4.57. The van der Waals surface area contributed by atoms with E-state index in [0.717, 1.165) is 12.1 Å². The lowest BCUT2D eigenvalue weighted by Crippen LogP contribution is -2.42. The summed E-state index contributed by atoms with van der Waals surface area (Å²) in [6.07, 6.45) is -2.81. The molecule has 1 aromatic carbocycles. The van der Waals surface area contributed by atoms with Gasteiger partial charge in [-0.25, -0.2) is 0 Å². The first-order chi connectivity index (χ1) is 14.1. The van der Waals surface area contributed by atoms with Crippen molar-refractivity contribution in [3.05, 3.63) is 47.8 Å². The van der Waals surface area contributed by atoms with Gasteiger partial charge in [0.05, 0.1) is 23.3 Å². The van der Waals surface area contributed by atoms with Crippen LogP contribution in [-0.4, -0.2) is 37.6 Å². The minimum absolute atomic E-state index is 0.0979. The van der Waals surface area contributed by atoms with Crippen LogP contribution in [-0.2, 0) is 16.5 Å². The van der Waals surface area contributed by atoms with Gasteiger partial charge >= 0.3 is 6.18 Å². The van der Waals surface area contributed by atoms with Gasteiger partial charge in [-0.2, -0.15) is 13.2 Å². The number of hydrogen-bond acceptors (Lipinski definition) is 6. The number of phenolic OH excluding ortho intramolecular Hbond substituents is 1. The summed E-state index contributed by atoms with van der Waals surface area (Å²) in [5.41, 5.74) is -1.32. The number of pyridine rings is 1. The van der Waals surface area contributed by atoms with Gasteiger partial charge in [-0.05, 0) is 44.2 Å². The van der Waals surface area contributed by atoms with Crippen LogP contribution in [0.4, 0.5) is 13.2 Å². The zero-order chi connectivity index (χ0) is 21.7. The van der Waals surface area contributed by atoms with Gasteiger partial charge in [0.25, 0.3) is 0 Å². The van der Waals surface area contributed by atoms with Crippen molar-refractivity contribution in [3.8, 4) is 17.0 Å². The molecule has 0 saturated carbocycles. The van der Waals surface area contributed by atoms with Gasteiger partial charge in [0.2, 0.25) is 0 Å². The molecule has 0 aliphatic carbocycles. The Kier molecular flexibility index (Phi) is 4.90. The van der Waals surface area contributed by atoms with Gasteiger partial charge < -0.3 is 14.9 Å². The highest BCUT2D eigenvalue weighted by molar-refractivity contribution is 5.94. The Bertz CT molecular complexity index is 1090. The van der Waals surface area contributed by atoms with Crippen LogP contribution in [0.2, 0.25) is 0 Å². The Labute approximate surface area is 170 Å². The van der Waals surface area contributed by atoms with E-state index in [-0.39, 0.29) is 29.2 Å². The number of alkyl halides is 3. The van der Waals surface area contributed by atoms with Crippen LogP contribution in [0.3, 0.4) is 0 Å². The zero-order valence-corrected chi connectivity index (χ0v) is 16.3. The summed E-state index contributed by atoms with van der Waals surface area (Å²) < 4.78 is 44.5. The molecule has 1 fully saturated rings. The number of fused-ring (bicyclic) bond motifs is 1. The fourth-order valence-electron chi connectivity index (χ4n) is 4.13. The zero-order valence-electron chi connectivity index (χ0n) is 16.3. The molecule has 1 unspecified atom stereocenters. The minimum Gasteiger partial charge on any atom is -0.507 e. The van der Waals surface area contributed by atoms with Crippen molar-refractivity contribution in [2.45, 2.75) is 50.7 Å². The molecule has 3 heterocycles. The van der Waals surface area contributed by atoms with Crippen molar-refractivity contribution in [2.24, 2.45) is 0 Å². The van der Waals surface area contributed by atoms with Crippen molar-refractivity contribution in [3.63, 3.8) is 0 Å². The molecule has 4 rings (SSSR count). The smallest absolute Gasteiger partial charge is 0.416 e. The summed E-state index contributed by atoms with van der Waals surface area (Å²) in [6, 6.07) is 6.02. The predicted octanol–water partition coefficient (Wildman–Crippen LogP) is 4.19. The number of rotatable bonds is 2. The maximum atomic E-state index is 12.9. The second-order valence-electron chi connectivity index (χ2n) is 7.72. The molecule has 0 spiro atoms. The third kappa shape index (κ3) is 3.59. The summed E-state index contributed by atoms with van der Waals surface area (Å²) >= 11 is 0. The van der Waals surface area contributed by atoms with Crippen LogP contribution in [0.1, 0.15) is 37.9 Å². The molecular formula is C21H20F3N3O3. The maximum absolute atomic E-state index is 12.9. The molecule has 1 saturated heterocycles. The molecule has 0 radical (unpaired) electrons. The first-order valence-electron chi connectivity index (χ1n) is 9.49. The largest absolute Gasteiger partial charge is 0.507 e. The van der Waals surface area contributed by atoms with Crippen LogP contribution < -0.4 is 0 Å². The summed E-state index contributed by atoms with van der Waals surface area (Å²) in [5, 5.41) is 30.4. The molecule has 6 nitrogen and oxygen atoms in total. The lowest BCUT2D eigenvalue weighted by Gasteiger charge is -2.38. The molecule has 2 N–H and O–H groups in total. The van der Waals surface area contributed by atoms with Gasteiger partial charge in [-0.3, -0.25) is 4.98 Å². The molecule has 158 valence electrons. The molecule has 30 heavy (non-hydrogen) atoms. The lowest BCUT2D eigenvalue weighted by molar-refractivity contribution is -0.138. The third-order valence-corrected chi connectivity index (χ3v) is 5.27. The van der Waals surface area contributed by atoms with E-state index >= 15 is 0 Å². The van der Waals surface area contributed by atoms with E-state index in [1.54, 1.807) is 18.3 Å². The standard InChI is InChI=1S/C21H20F3N3O3/c1-11-9-20(29,10-12(2)30-11)19-18-15(4-3-7-25-18)17(26-27-19)14-6-5-13(8-16(14)28)21(22,23)24/h3-8,11-12,28-29H,9-10H2,1-2H3/t11-,12+,20?. The second-order valence-corrected chi connectivity index (χ2v) is 7.72. The fraction of sp³-hybridized carbons (Fsp3) is 0.381. The summed E-state index contributed by atoms with van der Waals surface area (Å²) in [6.45, 7) is 3.72. The molecule has 3 aromatic rings. The molecule has 2 aromatic heterocycles. The maximum Gasteiger partial charge on any atom is 0.416 e. The quantitative estimate of drug-likeness (QED) is 0.648. The van der Waals surface area contributed by atoms with E-state index in [4.69, 9.17) is 4.74 Å². The third-order valence-electron chi connectivity index (χ3n) is 5.27. The summed E-state index contributed by atoms with van der Waals surface area (Å²) in [7, 11) is 0. The fourth-order valence-corrected chi connectivity index (χ4v) is 4.13. The van der Waals surface area contributed by atoms with Gasteiger partial charge in [-0.15, -0.1) is 10.2 Å². The highest BCUT2D eigenvalue weighted by Crippen LogP contribution is 2.42. The van der Waals surface area contributed by atoms with Crippen LogP contribution in [0.15, 0.2) is 36.5 Å². The van der Waals surface area contributed by atoms with Gasteiger partial charge in [0.1, 0.15) is 22.7 Å². The Morgan fingerprint density at radius 2 is 1.80 bits per heavy atom. The number of halogens is 3. The van der Waals surface area contributed by atoms with E-state index in [1.165, 1.54) is 0 Å². The van der Waals surface area contributed by atoms with Crippen LogP contribution in [0, 0.1) is 0 Å². The highest BCUT2D eigenvalue weighted by Gasteiger charge is 2.41. The molecule has 1 aliphatic rings. The molecule has 9 heteroatoms. The monoisotopic (exact) mass is 419 g/mol. The van der Waals surface area contributed by atoms with Crippen molar-refractivity contribution in [1.29, 1.82) is 0 Å². The van der Waals surface area contributed by atoms with E-state index in [1.807, 2.05) is 13.8 Å². The summed E-state index contributed by atoms with van der Waals surface area (Å²) in [5.74, 6) is -0.566. The number of aliphatic hydroxyl groups is 1. The van der Waals surface area contributed by atoms with Crippen molar-refractivity contribution < 1.29 is 28.1 Å². The Morgan fingerprint density at radius 1 is 1.10 bits per heavy atom.